The van der Waals surface area contributed by atoms with Crippen molar-refractivity contribution in [2.45, 2.75) is 44.6 Å². The average molecular weight is 331 g/mol. The number of carbonyl (C=O) groups excluding carboxylic acids is 1. The Labute approximate surface area is 108 Å². The first-order valence-electron chi connectivity index (χ1n) is 5.67. The molecule has 0 N–H and O–H groups in total. The van der Waals surface area contributed by atoms with E-state index in [1.807, 2.05) is 4.68 Å². The number of hydrogen-bond acceptors (Lipinski definition) is 3. The molecular weight excluding hydrogens is 317 g/mol. The Morgan fingerprint density at radius 2 is 2.31 bits per heavy atom. The summed E-state index contributed by atoms with van der Waals surface area (Å²) in [4.78, 5) is 16.0. The van der Waals surface area contributed by atoms with Gasteiger partial charge in [-0.05, 0) is 26.2 Å². The highest BCUT2D eigenvalue weighted by Crippen LogP contribution is 2.62. The first-order chi connectivity index (χ1) is 7.53. The van der Waals surface area contributed by atoms with Crippen molar-refractivity contribution in [1.29, 1.82) is 0 Å². The molecule has 2 unspecified atom stereocenters. The third-order valence-electron chi connectivity index (χ3n) is 3.76. The van der Waals surface area contributed by atoms with Crippen molar-refractivity contribution in [3.8, 4) is 0 Å². The van der Waals surface area contributed by atoms with E-state index in [2.05, 4.69) is 46.5 Å². The molecule has 16 heavy (non-hydrogen) atoms. The van der Waals surface area contributed by atoms with Crippen molar-refractivity contribution in [2.75, 3.05) is 0 Å². The molecule has 3 rings (SSSR count). The van der Waals surface area contributed by atoms with Gasteiger partial charge in [0.1, 0.15) is 11.6 Å². The molecule has 0 radical (unpaired) electrons. The van der Waals surface area contributed by atoms with E-state index in [0.29, 0.717) is 24.2 Å². The Bertz CT molecular complexity index is 468. The number of fused-ring (bicyclic) bond motifs is 1. The number of aromatic nitrogens is 3. The zero-order chi connectivity index (χ0) is 11.5. The summed E-state index contributed by atoms with van der Waals surface area (Å²) in [6.45, 7) is 4.22. The highest BCUT2D eigenvalue weighted by Gasteiger charge is 2.63. The van der Waals surface area contributed by atoms with Crippen LogP contribution in [0.5, 0.6) is 0 Å². The van der Waals surface area contributed by atoms with Crippen molar-refractivity contribution in [3.63, 3.8) is 0 Å². The molecule has 4 nitrogen and oxygen atoms in total. The Kier molecular flexibility index (Phi) is 2.18. The van der Waals surface area contributed by atoms with Crippen LogP contribution < -0.4 is 0 Å². The first kappa shape index (κ1) is 10.7. The van der Waals surface area contributed by atoms with E-state index in [-0.39, 0.29) is 5.41 Å². The summed E-state index contributed by atoms with van der Waals surface area (Å²) >= 11 is 2.15. The van der Waals surface area contributed by atoms with E-state index in [1.54, 1.807) is 0 Å². The highest BCUT2D eigenvalue weighted by molar-refractivity contribution is 14.1. The summed E-state index contributed by atoms with van der Waals surface area (Å²) < 4.78 is 2.79. The second-order valence-corrected chi connectivity index (χ2v) is 6.18. The molecule has 0 aromatic carbocycles. The number of rotatable bonds is 2. The molecule has 0 amide bonds. The van der Waals surface area contributed by atoms with E-state index in [9.17, 15) is 4.79 Å². The standard InChI is InChI=1S/C11H14IN3O/c1-6(2)15-9(13-10(12)14-15)11-4-7(11)3-8(16)5-11/h6-7H,3-5H2,1-2H3. The lowest BCUT2D eigenvalue weighted by atomic mass is 10.0. The normalized spacial score (nSPS) is 32.2. The fourth-order valence-corrected chi connectivity index (χ4v) is 3.37. The maximum Gasteiger partial charge on any atom is 0.211 e. The third-order valence-corrected chi connectivity index (χ3v) is 4.22. The first-order valence-corrected chi connectivity index (χ1v) is 6.75. The van der Waals surface area contributed by atoms with E-state index in [4.69, 9.17) is 0 Å². The second kappa shape index (κ2) is 3.27. The predicted molar refractivity (Wildman–Crippen MR) is 67.2 cm³/mol. The largest absolute Gasteiger partial charge is 0.300 e. The SMILES string of the molecule is CC(C)n1nc(I)nc1C12CC(=O)CC1C2. The summed E-state index contributed by atoms with van der Waals surface area (Å²) in [7, 11) is 0. The molecule has 2 fully saturated rings. The third kappa shape index (κ3) is 1.36. The average Bonchev–Trinajstić information content (AvgIpc) is 2.57. The Morgan fingerprint density at radius 1 is 1.56 bits per heavy atom. The van der Waals surface area contributed by atoms with Gasteiger partial charge in [0.05, 0.1) is 0 Å². The molecule has 2 aliphatic rings. The van der Waals surface area contributed by atoms with Crippen LogP contribution in [0.3, 0.4) is 0 Å². The molecule has 1 heterocycles. The number of hydrogen-bond donors (Lipinski definition) is 0. The van der Waals surface area contributed by atoms with Crippen molar-refractivity contribution in [1.82, 2.24) is 14.8 Å². The van der Waals surface area contributed by atoms with Crippen LogP contribution in [0.15, 0.2) is 0 Å². The van der Waals surface area contributed by atoms with Crippen LogP contribution in [0.25, 0.3) is 0 Å². The second-order valence-electron chi connectivity index (χ2n) is 5.22. The van der Waals surface area contributed by atoms with Gasteiger partial charge in [-0.2, -0.15) is 0 Å². The number of Topliss-reactive ketones (excluding diaryl/α,β-unsaturated/α-hetero) is 1. The van der Waals surface area contributed by atoms with Gasteiger partial charge in [0, 0.05) is 46.9 Å². The van der Waals surface area contributed by atoms with Crippen LogP contribution in [0.2, 0.25) is 0 Å². The topological polar surface area (TPSA) is 47.8 Å². The van der Waals surface area contributed by atoms with Gasteiger partial charge < -0.3 is 0 Å². The van der Waals surface area contributed by atoms with Crippen LogP contribution in [0.4, 0.5) is 0 Å². The predicted octanol–water partition coefficient (Wildman–Crippen LogP) is 2.08. The Morgan fingerprint density at radius 3 is 2.88 bits per heavy atom. The van der Waals surface area contributed by atoms with Gasteiger partial charge in [-0.15, -0.1) is 5.10 Å². The van der Waals surface area contributed by atoms with Gasteiger partial charge in [-0.1, -0.05) is 0 Å². The summed E-state index contributed by atoms with van der Waals surface area (Å²) in [5.41, 5.74) is 0.0533. The zero-order valence-electron chi connectivity index (χ0n) is 9.40. The van der Waals surface area contributed by atoms with Crippen LogP contribution in [0.1, 0.15) is 45.0 Å². The van der Waals surface area contributed by atoms with E-state index in [1.165, 1.54) is 0 Å². The van der Waals surface area contributed by atoms with Crippen LogP contribution in [-0.4, -0.2) is 20.5 Å². The quantitative estimate of drug-likeness (QED) is 0.780. The lowest BCUT2D eigenvalue weighted by Crippen LogP contribution is -2.18. The molecule has 0 spiro atoms. The van der Waals surface area contributed by atoms with E-state index >= 15 is 0 Å². The maximum atomic E-state index is 11.5. The van der Waals surface area contributed by atoms with Crippen molar-refractivity contribution in [3.05, 3.63) is 9.66 Å². The van der Waals surface area contributed by atoms with Crippen molar-refractivity contribution in [2.24, 2.45) is 5.92 Å². The Balaban J connectivity index is 2.04. The maximum absolute atomic E-state index is 11.5. The van der Waals surface area contributed by atoms with E-state index in [0.717, 1.165) is 22.5 Å². The van der Waals surface area contributed by atoms with Gasteiger partial charge in [-0.25, -0.2) is 9.67 Å². The molecule has 5 heteroatoms. The molecule has 1 aromatic heterocycles. The Hall–Kier alpha value is -0.460. The minimum Gasteiger partial charge on any atom is -0.300 e. The lowest BCUT2D eigenvalue weighted by molar-refractivity contribution is -0.118. The number of carbonyl (C=O) groups is 1. The monoisotopic (exact) mass is 331 g/mol. The van der Waals surface area contributed by atoms with Gasteiger partial charge in [0.2, 0.25) is 3.83 Å². The number of ketones is 1. The molecule has 0 saturated heterocycles. The highest BCUT2D eigenvalue weighted by atomic mass is 127. The van der Waals surface area contributed by atoms with Crippen molar-refractivity contribution >= 4 is 28.4 Å². The molecule has 2 aliphatic carbocycles. The summed E-state index contributed by atoms with van der Waals surface area (Å²) in [5.74, 6) is 1.98. The minimum atomic E-state index is 0.0533. The summed E-state index contributed by atoms with van der Waals surface area (Å²) in [5, 5.41) is 4.43. The summed E-state index contributed by atoms with van der Waals surface area (Å²) in [6, 6.07) is 0.317. The van der Waals surface area contributed by atoms with Crippen LogP contribution in [-0.2, 0) is 10.2 Å². The lowest BCUT2D eigenvalue weighted by Gasteiger charge is -2.14. The summed E-state index contributed by atoms with van der Waals surface area (Å²) in [6.07, 6.45) is 2.56. The molecular formula is C11H14IN3O. The van der Waals surface area contributed by atoms with Crippen LogP contribution in [0, 0.1) is 9.75 Å². The smallest absolute Gasteiger partial charge is 0.211 e. The number of nitrogens with zero attached hydrogens (tertiary/aromatic N) is 3. The molecule has 0 aliphatic heterocycles. The molecule has 86 valence electrons. The zero-order valence-corrected chi connectivity index (χ0v) is 11.6. The fourth-order valence-electron chi connectivity index (χ4n) is 2.91. The van der Waals surface area contributed by atoms with Gasteiger partial charge in [-0.3, -0.25) is 4.79 Å². The van der Waals surface area contributed by atoms with Crippen LogP contribution >= 0.6 is 22.6 Å². The number of halogens is 1. The van der Waals surface area contributed by atoms with E-state index < -0.39 is 0 Å². The van der Waals surface area contributed by atoms with Gasteiger partial charge >= 0.3 is 0 Å². The van der Waals surface area contributed by atoms with Gasteiger partial charge in [0.15, 0.2) is 0 Å². The molecule has 0 bridgehead atoms. The molecule has 2 atom stereocenters. The van der Waals surface area contributed by atoms with Gasteiger partial charge in [0.25, 0.3) is 0 Å². The minimum absolute atomic E-state index is 0.0533. The molecule has 2 saturated carbocycles. The van der Waals surface area contributed by atoms with Crippen molar-refractivity contribution < 1.29 is 4.79 Å². The fraction of sp³-hybridized carbons (Fsp3) is 0.727. The molecule has 1 aromatic rings.